The largest absolute Gasteiger partial charge is 0.289 e. The summed E-state index contributed by atoms with van der Waals surface area (Å²) in [6.45, 7) is 9.15. The van der Waals surface area contributed by atoms with Crippen molar-refractivity contribution < 1.29 is 9.59 Å². The summed E-state index contributed by atoms with van der Waals surface area (Å²) in [5.41, 5.74) is 22.1. The molecule has 0 fully saturated rings. The van der Waals surface area contributed by atoms with Crippen molar-refractivity contribution in [1.82, 2.24) is 0 Å². The average molecular weight is 1530 g/mol. The molecule has 552 valence electrons. The number of nitriles is 4. The van der Waals surface area contributed by atoms with Crippen molar-refractivity contribution in [1.29, 1.82) is 21.0 Å². The van der Waals surface area contributed by atoms with Gasteiger partial charge < -0.3 is 0 Å². The highest BCUT2D eigenvalue weighted by Gasteiger charge is 2.54. The van der Waals surface area contributed by atoms with Crippen molar-refractivity contribution in [3.63, 3.8) is 0 Å². The van der Waals surface area contributed by atoms with Crippen molar-refractivity contribution >= 4 is 89.6 Å². The fourth-order valence-electron chi connectivity index (χ4n) is 18.2. The minimum atomic E-state index is -0.795. The first kappa shape index (κ1) is 75.1. The fourth-order valence-corrected chi connectivity index (χ4v) is 23.3. The van der Waals surface area contributed by atoms with Gasteiger partial charge in [-0.25, -0.2) is 0 Å². The van der Waals surface area contributed by atoms with Gasteiger partial charge in [0, 0.05) is 73.8 Å². The topological polar surface area (TPSA) is 129 Å². The maximum Gasteiger partial charge on any atom is 0.194 e. The van der Waals surface area contributed by atoms with Crippen LogP contribution in [-0.4, -0.2) is 11.6 Å². The van der Waals surface area contributed by atoms with E-state index in [0.717, 1.165) is 82.0 Å². The van der Waals surface area contributed by atoms with E-state index in [1.165, 1.54) is 174 Å². The number of unbranched alkanes of at least 4 members (excludes halogenated alkanes) is 12. The van der Waals surface area contributed by atoms with Gasteiger partial charge in [-0.1, -0.05) is 275 Å². The smallest absolute Gasteiger partial charge is 0.194 e. The minimum absolute atomic E-state index is 0.0768. The van der Waals surface area contributed by atoms with Crippen molar-refractivity contribution in [2.24, 2.45) is 0 Å². The van der Waals surface area contributed by atoms with Gasteiger partial charge in [0.1, 0.15) is 35.4 Å². The minimum Gasteiger partial charge on any atom is -0.289 e. The fraction of sp³-hybridized carbons (Fsp3) is 0.255. The third kappa shape index (κ3) is 13.4. The molecule has 16 rings (SSSR count). The van der Waals surface area contributed by atoms with Crippen molar-refractivity contribution in [2.45, 2.75) is 167 Å². The summed E-state index contributed by atoms with van der Waals surface area (Å²) in [5.74, 6) is -0.384. The van der Waals surface area contributed by atoms with E-state index in [1.54, 1.807) is 34.8 Å². The standard InChI is InChI=1S/C102H88N4O2S4/c1-5-9-13-17-29-65-33-25-37-73(53-65)101(74-38-26-34-66(54-74)30-18-14-10-6-2)87-57-69(89-51-47-77(109-89)59-85-91(71(61-103)62-104)79-41-21-23-43-81(79)95(85)107)45-49-83(87)97-93(101)99-100(111-97)94-98(112-99)84-50-46-70(90-52-48-78(110-90)60-86-92(72(63-105)64-106)80-42-22-24-44-82(80)96(86)108)58-88(84)102(94,75-39-27-35-67(55-75)31-19-15-11-7-3)76-40-28-36-68(56-76)32-20-16-12-8-4/h21-28,33-60H,5-20,29-32H2,1-4H3/b85-59-,86-60-. The number of nitrogens with zero attached hydrogens (tertiary/aromatic N) is 4. The van der Waals surface area contributed by atoms with Gasteiger partial charge in [0.15, 0.2) is 11.6 Å². The second-order valence-corrected chi connectivity index (χ2v) is 34.8. The van der Waals surface area contributed by atoms with E-state index < -0.39 is 10.8 Å². The lowest BCUT2D eigenvalue weighted by atomic mass is 9.66. The van der Waals surface area contributed by atoms with Crippen LogP contribution in [-0.2, 0) is 36.5 Å². The Bertz CT molecular complexity index is 5530. The number of carbonyl (C=O) groups excluding carboxylic acids is 2. The van der Waals surface area contributed by atoms with Gasteiger partial charge in [0.2, 0.25) is 0 Å². The highest BCUT2D eigenvalue weighted by atomic mass is 32.1. The first-order valence-corrected chi connectivity index (χ1v) is 43.6. The second-order valence-electron chi connectivity index (χ2n) is 30.6. The Balaban J connectivity index is 0.946. The van der Waals surface area contributed by atoms with E-state index >= 15 is 0 Å². The zero-order valence-corrected chi connectivity index (χ0v) is 67.4. The number of ketones is 2. The maximum atomic E-state index is 14.4. The number of thiophene rings is 4. The quantitative estimate of drug-likeness (QED) is 0.0273. The number of fused-ring (bicyclic) bond motifs is 11. The Labute approximate surface area is 675 Å². The molecule has 4 aliphatic carbocycles. The van der Waals surface area contributed by atoms with Crippen LogP contribution in [0.3, 0.4) is 0 Å². The van der Waals surface area contributed by atoms with Crippen LogP contribution in [0.15, 0.2) is 229 Å². The van der Waals surface area contributed by atoms with E-state index in [-0.39, 0.29) is 22.7 Å². The van der Waals surface area contributed by atoms with Crippen LogP contribution in [0.5, 0.6) is 0 Å². The van der Waals surface area contributed by atoms with Crippen LogP contribution >= 0.6 is 45.3 Å². The normalized spacial score (nSPS) is 14.6. The van der Waals surface area contributed by atoms with Crippen LogP contribution < -0.4 is 0 Å². The molecule has 0 saturated carbocycles. The number of hydrogen-bond donors (Lipinski definition) is 0. The van der Waals surface area contributed by atoms with E-state index in [0.29, 0.717) is 44.5 Å². The molecule has 4 heterocycles. The maximum absolute atomic E-state index is 14.4. The van der Waals surface area contributed by atoms with Crippen LogP contribution in [0.1, 0.15) is 239 Å². The lowest BCUT2D eigenvalue weighted by Crippen LogP contribution is -2.29. The Morgan fingerprint density at radius 3 is 0.991 bits per heavy atom. The number of allylic oxidation sites excluding steroid dienone is 6. The van der Waals surface area contributed by atoms with Crippen LogP contribution in [0.4, 0.5) is 0 Å². The first-order valence-electron chi connectivity index (χ1n) is 40.3. The van der Waals surface area contributed by atoms with Crippen molar-refractivity contribution in [3.05, 3.63) is 327 Å². The zero-order valence-electron chi connectivity index (χ0n) is 64.2. The van der Waals surface area contributed by atoms with Crippen molar-refractivity contribution in [3.8, 4) is 66.0 Å². The molecule has 4 aliphatic rings. The van der Waals surface area contributed by atoms with Crippen LogP contribution in [0, 0.1) is 45.3 Å². The molecule has 0 N–H and O–H groups in total. The van der Waals surface area contributed by atoms with Gasteiger partial charge in [-0.3, -0.25) is 9.59 Å². The molecule has 0 amide bonds. The molecular formula is C102H88N4O2S4. The van der Waals surface area contributed by atoms with E-state index in [9.17, 15) is 30.6 Å². The molecular weight excluding hydrogens is 1440 g/mol. The number of benzene rings is 8. The molecule has 6 nitrogen and oxygen atoms in total. The van der Waals surface area contributed by atoms with Gasteiger partial charge in [-0.2, -0.15) is 21.0 Å². The van der Waals surface area contributed by atoms with E-state index in [2.05, 4.69) is 210 Å². The summed E-state index contributed by atoms with van der Waals surface area (Å²) in [6.07, 6.45) is 26.3. The predicted octanol–water partition coefficient (Wildman–Crippen LogP) is 27.8. The van der Waals surface area contributed by atoms with Gasteiger partial charge in [-0.15, -0.1) is 45.3 Å². The molecule has 0 saturated heterocycles. The monoisotopic (exact) mass is 1530 g/mol. The Morgan fingerprint density at radius 2 is 0.670 bits per heavy atom. The average Bonchev–Trinajstić information content (AvgIpc) is 1.49. The Kier molecular flexibility index (Phi) is 22.0. The van der Waals surface area contributed by atoms with Crippen molar-refractivity contribution in [2.75, 3.05) is 0 Å². The highest BCUT2D eigenvalue weighted by molar-refractivity contribution is 7.32. The van der Waals surface area contributed by atoms with E-state index in [4.69, 9.17) is 0 Å². The summed E-state index contributed by atoms with van der Waals surface area (Å²) >= 11 is 7.20. The summed E-state index contributed by atoms with van der Waals surface area (Å²) in [5, 5.41) is 41.2. The van der Waals surface area contributed by atoms with E-state index in [1.807, 2.05) is 71.2 Å². The molecule has 8 aromatic carbocycles. The summed E-state index contributed by atoms with van der Waals surface area (Å²) in [4.78, 5) is 35.1. The molecule has 4 aromatic heterocycles. The third-order valence-corrected chi connectivity index (χ3v) is 28.4. The van der Waals surface area contributed by atoms with Gasteiger partial charge >= 0.3 is 0 Å². The summed E-state index contributed by atoms with van der Waals surface area (Å²) in [7, 11) is 0. The third-order valence-electron chi connectivity index (χ3n) is 23.6. The van der Waals surface area contributed by atoms with Crippen LogP contribution in [0.2, 0.25) is 0 Å². The number of aryl methyl sites for hydroxylation is 4. The lowest BCUT2D eigenvalue weighted by molar-refractivity contribution is 0.103. The zero-order chi connectivity index (χ0) is 77.0. The molecule has 12 aromatic rings. The number of rotatable bonds is 28. The predicted molar refractivity (Wildman–Crippen MR) is 466 cm³/mol. The highest BCUT2D eigenvalue weighted by Crippen LogP contribution is 2.69. The van der Waals surface area contributed by atoms with Gasteiger partial charge in [0.25, 0.3) is 0 Å². The first-order chi connectivity index (χ1) is 55.0. The molecule has 0 aliphatic heterocycles. The molecule has 112 heavy (non-hydrogen) atoms. The number of carbonyl (C=O) groups is 2. The summed E-state index contributed by atoms with van der Waals surface area (Å²) in [6, 6.07) is 84.5. The molecule has 0 bridgehead atoms. The van der Waals surface area contributed by atoms with Gasteiger partial charge in [0.05, 0.1) is 20.2 Å². The van der Waals surface area contributed by atoms with Gasteiger partial charge in [-0.05, 0) is 189 Å². The Hall–Kier alpha value is -10.9. The number of Topliss-reactive ketones (excluding diaryl/α,β-unsaturated/α-hetero) is 2. The Morgan fingerprint density at radius 1 is 0.339 bits per heavy atom. The molecule has 0 unspecified atom stereocenters. The molecule has 0 spiro atoms. The van der Waals surface area contributed by atoms with Crippen LogP contribution in [0.25, 0.3) is 74.5 Å². The second kappa shape index (κ2) is 32.8. The number of hydrogen-bond acceptors (Lipinski definition) is 10. The SMILES string of the molecule is CCCCCCc1cccc(C2(c3cccc(CCCCCC)c3)c3cc(-c4ccc(/C=C5\C(=O)c6ccccc6C5=C(C#N)C#N)s4)ccc3-c3sc4c5c(sc4c32)-c2ccc(-c3ccc(/C=C4\C(=O)c6ccccc6C4=C(C#N)C#N)s3)cc2C5(c2cccc(CCCCCC)c2)c2cccc(CCCCCC)c2)c1. The summed E-state index contributed by atoms with van der Waals surface area (Å²) < 4.78 is 2.62. The molecule has 0 atom stereocenters. The molecule has 0 radical (unpaired) electrons. The molecule has 10 heteroatoms. The lowest BCUT2D eigenvalue weighted by Gasteiger charge is -2.35.